The third kappa shape index (κ3) is 2.36. The van der Waals surface area contributed by atoms with Crippen LogP contribution in [-0.2, 0) is 7.05 Å². The molecule has 4 nitrogen and oxygen atoms in total. The van der Waals surface area contributed by atoms with Crippen molar-refractivity contribution in [2.45, 2.75) is 19.3 Å². The number of pyridine rings is 1. The van der Waals surface area contributed by atoms with Gasteiger partial charge in [0.2, 0.25) is 0 Å². The van der Waals surface area contributed by atoms with Gasteiger partial charge in [0.25, 0.3) is 5.56 Å². The van der Waals surface area contributed by atoms with Gasteiger partial charge in [0.15, 0.2) is 0 Å². The van der Waals surface area contributed by atoms with Gasteiger partial charge in [-0.05, 0) is 18.9 Å². The highest BCUT2D eigenvalue weighted by Crippen LogP contribution is 2.22. The van der Waals surface area contributed by atoms with Gasteiger partial charge in [-0.15, -0.1) is 0 Å². The topological polar surface area (TPSA) is 37.3 Å². The van der Waals surface area contributed by atoms with Crippen LogP contribution in [0.2, 0.25) is 0 Å². The van der Waals surface area contributed by atoms with Gasteiger partial charge in [-0.2, -0.15) is 0 Å². The molecule has 4 heteroatoms. The molecule has 1 N–H and O–H groups in total. The van der Waals surface area contributed by atoms with Crippen molar-refractivity contribution in [3.8, 4) is 0 Å². The first-order valence-electron chi connectivity index (χ1n) is 6.86. The predicted molar refractivity (Wildman–Crippen MR) is 78.2 cm³/mol. The summed E-state index contributed by atoms with van der Waals surface area (Å²) in [5.74, 6) is 0. The molecule has 1 aromatic heterocycles. The maximum Gasteiger partial charge on any atom is 0.252 e. The van der Waals surface area contributed by atoms with E-state index in [0.29, 0.717) is 0 Å². The molecule has 0 unspecified atom stereocenters. The van der Waals surface area contributed by atoms with Crippen LogP contribution >= 0.6 is 0 Å². The van der Waals surface area contributed by atoms with E-state index < -0.39 is 0 Å². The molecule has 100 valence electrons. The molecular weight excluding hydrogens is 238 g/mol. The molecule has 1 aliphatic rings. The number of piperidine rings is 1. The summed E-state index contributed by atoms with van der Waals surface area (Å²) >= 11 is 0. The lowest BCUT2D eigenvalue weighted by Gasteiger charge is -2.28. The smallest absolute Gasteiger partial charge is 0.252 e. The fourth-order valence-corrected chi connectivity index (χ4v) is 2.68. The van der Waals surface area contributed by atoms with Crippen LogP contribution in [0.4, 0.5) is 5.69 Å². The minimum Gasteiger partial charge on any atom is -0.318 e. The van der Waals surface area contributed by atoms with Gasteiger partial charge in [-0.3, -0.25) is 4.79 Å². The first-order chi connectivity index (χ1) is 9.25. The molecule has 1 fully saturated rings. The van der Waals surface area contributed by atoms with Gasteiger partial charge >= 0.3 is 0 Å². The van der Waals surface area contributed by atoms with Gasteiger partial charge in [0.1, 0.15) is 0 Å². The average molecular weight is 257 g/mol. The molecule has 3 rings (SSSR count). The third-order valence-electron chi connectivity index (χ3n) is 3.79. The quantitative estimate of drug-likeness (QED) is 0.897. The van der Waals surface area contributed by atoms with Crippen molar-refractivity contribution in [1.29, 1.82) is 0 Å². The maximum atomic E-state index is 12.0. The van der Waals surface area contributed by atoms with Crippen LogP contribution in [0.5, 0.6) is 0 Å². The normalized spacial score (nSPS) is 16.7. The largest absolute Gasteiger partial charge is 0.318 e. The molecule has 1 saturated heterocycles. The lowest BCUT2D eigenvalue weighted by atomic mass is 10.1. The number of hydrogen-bond acceptors (Lipinski definition) is 3. The Hall–Kier alpha value is -1.81. The summed E-state index contributed by atoms with van der Waals surface area (Å²) in [5.41, 5.74) is 5.32. The number of aryl methyl sites for hydroxylation is 1. The number of hydrazine groups is 1. The van der Waals surface area contributed by atoms with Crippen molar-refractivity contribution in [2.75, 3.05) is 18.5 Å². The minimum atomic E-state index is 0.0261. The molecule has 0 radical (unpaired) electrons. The summed E-state index contributed by atoms with van der Waals surface area (Å²) < 4.78 is 1.69. The lowest BCUT2D eigenvalue weighted by molar-refractivity contribution is 0.273. The summed E-state index contributed by atoms with van der Waals surface area (Å²) in [6.45, 7) is 2.09. The monoisotopic (exact) mass is 257 g/mol. The van der Waals surface area contributed by atoms with Gasteiger partial charge in [-0.1, -0.05) is 24.6 Å². The van der Waals surface area contributed by atoms with Crippen molar-refractivity contribution in [3.05, 3.63) is 40.7 Å². The van der Waals surface area contributed by atoms with E-state index in [0.717, 1.165) is 29.7 Å². The first kappa shape index (κ1) is 12.2. The van der Waals surface area contributed by atoms with E-state index in [1.54, 1.807) is 10.6 Å². The van der Waals surface area contributed by atoms with E-state index in [-0.39, 0.29) is 5.56 Å². The summed E-state index contributed by atoms with van der Waals surface area (Å²) in [4.78, 5) is 12.0. The van der Waals surface area contributed by atoms with Crippen molar-refractivity contribution in [1.82, 2.24) is 9.58 Å². The van der Waals surface area contributed by atoms with E-state index >= 15 is 0 Å². The van der Waals surface area contributed by atoms with E-state index in [9.17, 15) is 4.79 Å². The fraction of sp³-hybridized carbons (Fsp3) is 0.400. The number of anilines is 1. The van der Waals surface area contributed by atoms with E-state index in [2.05, 4.69) is 16.5 Å². The maximum absolute atomic E-state index is 12.0. The van der Waals surface area contributed by atoms with Gasteiger partial charge in [0, 0.05) is 31.6 Å². The first-order valence-corrected chi connectivity index (χ1v) is 6.86. The number of nitrogens with one attached hydrogen (secondary N) is 1. The van der Waals surface area contributed by atoms with Crippen molar-refractivity contribution >= 4 is 16.6 Å². The van der Waals surface area contributed by atoms with Crippen molar-refractivity contribution in [2.24, 2.45) is 7.05 Å². The molecule has 1 aromatic carbocycles. The van der Waals surface area contributed by atoms with E-state index in [1.807, 2.05) is 25.2 Å². The van der Waals surface area contributed by atoms with Crippen LogP contribution in [-0.4, -0.2) is 22.7 Å². The van der Waals surface area contributed by atoms with Crippen LogP contribution < -0.4 is 11.0 Å². The summed E-state index contributed by atoms with van der Waals surface area (Å²) in [6, 6.07) is 9.71. The Morgan fingerprint density at radius 1 is 1.11 bits per heavy atom. The Balaban J connectivity index is 2.03. The van der Waals surface area contributed by atoms with E-state index in [4.69, 9.17) is 0 Å². The molecular formula is C15H19N3O. The molecule has 0 amide bonds. The number of aromatic nitrogens is 1. The summed E-state index contributed by atoms with van der Waals surface area (Å²) in [5, 5.41) is 3.31. The van der Waals surface area contributed by atoms with Crippen LogP contribution in [0.15, 0.2) is 35.1 Å². The summed E-state index contributed by atoms with van der Waals surface area (Å²) in [7, 11) is 1.81. The molecule has 0 spiro atoms. The van der Waals surface area contributed by atoms with Gasteiger partial charge < -0.3 is 9.99 Å². The number of rotatable bonds is 2. The average Bonchev–Trinajstić information content (AvgIpc) is 2.46. The Morgan fingerprint density at radius 3 is 2.63 bits per heavy atom. The van der Waals surface area contributed by atoms with Crippen LogP contribution in [0, 0.1) is 0 Å². The highest BCUT2D eigenvalue weighted by molar-refractivity contribution is 5.91. The molecule has 1 aliphatic heterocycles. The molecule has 2 aromatic rings. The number of hydrogen-bond donors (Lipinski definition) is 1. The zero-order valence-electron chi connectivity index (χ0n) is 11.2. The third-order valence-corrected chi connectivity index (χ3v) is 3.79. The zero-order valence-corrected chi connectivity index (χ0v) is 11.2. The second-order valence-electron chi connectivity index (χ2n) is 5.13. The van der Waals surface area contributed by atoms with Gasteiger partial charge in [0.05, 0.1) is 11.2 Å². The fourth-order valence-electron chi connectivity index (χ4n) is 2.68. The van der Waals surface area contributed by atoms with E-state index in [1.165, 1.54) is 19.3 Å². The number of nitrogens with zero attached hydrogens (tertiary/aromatic N) is 2. The second kappa shape index (κ2) is 5.05. The molecule has 0 saturated carbocycles. The SMILES string of the molecule is Cn1c(=O)cc(NN2CCCCC2)c2ccccc21. The molecule has 19 heavy (non-hydrogen) atoms. The molecule has 0 bridgehead atoms. The Morgan fingerprint density at radius 2 is 1.84 bits per heavy atom. The molecule has 0 aliphatic carbocycles. The summed E-state index contributed by atoms with van der Waals surface area (Å²) in [6.07, 6.45) is 3.74. The Bertz CT molecular complexity index is 641. The zero-order chi connectivity index (χ0) is 13.2. The van der Waals surface area contributed by atoms with Crippen LogP contribution in [0.1, 0.15) is 19.3 Å². The number of benzene rings is 1. The number of fused-ring (bicyclic) bond motifs is 1. The Labute approximate surface area is 112 Å². The molecule has 0 atom stereocenters. The van der Waals surface area contributed by atoms with Gasteiger partial charge in [-0.25, -0.2) is 5.01 Å². The molecule has 2 heterocycles. The van der Waals surface area contributed by atoms with Crippen molar-refractivity contribution in [3.63, 3.8) is 0 Å². The highest BCUT2D eigenvalue weighted by atomic mass is 16.1. The van der Waals surface area contributed by atoms with Crippen LogP contribution in [0.3, 0.4) is 0 Å². The highest BCUT2D eigenvalue weighted by Gasteiger charge is 2.12. The predicted octanol–water partition coefficient (Wildman–Crippen LogP) is 2.35. The minimum absolute atomic E-state index is 0.0261. The van der Waals surface area contributed by atoms with Crippen molar-refractivity contribution < 1.29 is 0 Å². The lowest BCUT2D eigenvalue weighted by Crippen LogP contribution is -2.35. The Kier molecular flexibility index (Phi) is 3.25. The number of para-hydroxylation sites is 1. The second-order valence-corrected chi connectivity index (χ2v) is 5.13. The standard InChI is InChI=1S/C15H19N3O/c1-17-14-8-4-3-7-12(14)13(11-15(17)19)16-18-9-5-2-6-10-18/h3-4,7-8,11,16H,2,5-6,9-10H2,1H3. The van der Waals surface area contributed by atoms with Crippen LogP contribution in [0.25, 0.3) is 10.9 Å².